The number of allylic oxidation sites excluding steroid dienone is 2. The van der Waals surface area contributed by atoms with Gasteiger partial charge in [-0.05, 0) is 25.7 Å². The maximum Gasteiger partial charge on any atom is 0.362 e. The van der Waals surface area contributed by atoms with Crippen molar-refractivity contribution in [2.45, 2.75) is 180 Å². The van der Waals surface area contributed by atoms with Crippen molar-refractivity contribution in [3.8, 4) is 0 Å². The van der Waals surface area contributed by atoms with Gasteiger partial charge >= 0.3 is 17.9 Å². The zero-order chi connectivity index (χ0) is 35.0. The number of ether oxygens (including phenoxy) is 3. The van der Waals surface area contributed by atoms with Gasteiger partial charge < -0.3 is 23.8 Å². The molecular weight excluding hydrogens is 594 g/mol. The normalized spacial score (nSPS) is 13.1. The number of carbonyl (C=O) groups excluding carboxylic acids is 2. The summed E-state index contributed by atoms with van der Waals surface area (Å²) in [5.74, 6) is -1.53. The Morgan fingerprint density at radius 3 is 1.62 bits per heavy atom. The maximum atomic E-state index is 12.5. The number of hydrogen-bond donors (Lipinski definition) is 1. The average Bonchev–Trinajstić information content (AvgIpc) is 3.01. The fourth-order valence-corrected chi connectivity index (χ4v) is 5.64. The van der Waals surface area contributed by atoms with Crippen molar-refractivity contribution in [2.24, 2.45) is 0 Å². The quantitative estimate of drug-likeness (QED) is 0.0315. The van der Waals surface area contributed by atoms with Gasteiger partial charge in [-0.15, -0.1) is 0 Å². The molecule has 0 aliphatic rings. The Morgan fingerprint density at radius 1 is 0.617 bits per heavy atom. The topological polar surface area (TPSA) is 99.1 Å². The predicted molar refractivity (Wildman–Crippen MR) is 192 cm³/mol. The molecule has 0 saturated heterocycles. The number of quaternary nitrogens is 1. The van der Waals surface area contributed by atoms with E-state index in [1.54, 1.807) is 0 Å². The van der Waals surface area contributed by atoms with Gasteiger partial charge in [0, 0.05) is 19.3 Å². The molecule has 0 aliphatic carbocycles. The highest BCUT2D eigenvalue weighted by atomic mass is 16.6. The summed E-state index contributed by atoms with van der Waals surface area (Å²) in [7, 11) is 5.50. The molecule has 0 fully saturated rings. The summed E-state index contributed by atoms with van der Waals surface area (Å²) in [5.41, 5.74) is 0. The first-order valence-electron chi connectivity index (χ1n) is 19.2. The molecule has 0 saturated carbocycles. The van der Waals surface area contributed by atoms with Crippen LogP contribution in [0, 0.1) is 0 Å². The van der Waals surface area contributed by atoms with Crippen molar-refractivity contribution in [1.82, 2.24) is 0 Å². The van der Waals surface area contributed by atoms with Gasteiger partial charge in [-0.3, -0.25) is 9.59 Å². The molecule has 8 heteroatoms. The molecule has 47 heavy (non-hydrogen) atoms. The van der Waals surface area contributed by atoms with Crippen LogP contribution in [0.4, 0.5) is 0 Å². The molecule has 0 rings (SSSR count). The van der Waals surface area contributed by atoms with Crippen LogP contribution >= 0.6 is 0 Å². The van der Waals surface area contributed by atoms with E-state index in [1.807, 2.05) is 27.2 Å². The lowest BCUT2D eigenvalue weighted by Gasteiger charge is -2.31. The van der Waals surface area contributed by atoms with Crippen molar-refractivity contribution in [2.75, 3.05) is 41.0 Å². The van der Waals surface area contributed by atoms with Crippen LogP contribution in [0.15, 0.2) is 12.2 Å². The van der Waals surface area contributed by atoms with E-state index in [9.17, 15) is 19.5 Å². The fraction of sp³-hybridized carbons (Fsp3) is 0.872. The molecule has 0 amide bonds. The molecule has 1 N–H and O–H groups in total. The molecule has 276 valence electrons. The van der Waals surface area contributed by atoms with Crippen molar-refractivity contribution in [3.05, 3.63) is 12.2 Å². The molecule has 0 aromatic rings. The van der Waals surface area contributed by atoms with E-state index in [1.165, 1.54) is 96.3 Å². The van der Waals surface area contributed by atoms with Crippen molar-refractivity contribution in [3.63, 3.8) is 0 Å². The summed E-state index contributed by atoms with van der Waals surface area (Å²) in [6, 6.07) is -0.613. The second-order valence-electron chi connectivity index (χ2n) is 14.2. The Morgan fingerprint density at radius 2 is 1.11 bits per heavy atom. The second-order valence-corrected chi connectivity index (χ2v) is 14.2. The largest absolute Gasteiger partial charge is 0.477 e. The number of carboxylic acids is 1. The van der Waals surface area contributed by atoms with E-state index in [-0.39, 0.29) is 42.7 Å². The molecule has 2 unspecified atom stereocenters. The van der Waals surface area contributed by atoms with E-state index < -0.39 is 18.1 Å². The molecule has 0 aliphatic heterocycles. The van der Waals surface area contributed by atoms with Gasteiger partial charge in [0.1, 0.15) is 6.61 Å². The van der Waals surface area contributed by atoms with Gasteiger partial charge in [0.05, 0.1) is 34.4 Å². The van der Waals surface area contributed by atoms with E-state index in [4.69, 9.17) is 14.2 Å². The Bertz CT molecular complexity index is 793. The van der Waals surface area contributed by atoms with Gasteiger partial charge in [-0.25, -0.2) is 4.79 Å². The van der Waals surface area contributed by atoms with Crippen LogP contribution in [-0.4, -0.2) is 80.6 Å². The number of carbonyl (C=O) groups is 3. The fourth-order valence-electron chi connectivity index (χ4n) is 5.64. The number of carboxylic acid groups (broad SMARTS) is 1. The molecule has 0 aromatic carbocycles. The summed E-state index contributed by atoms with van der Waals surface area (Å²) < 4.78 is 17.1. The van der Waals surface area contributed by atoms with Crippen LogP contribution < -0.4 is 0 Å². The van der Waals surface area contributed by atoms with Gasteiger partial charge in [0.2, 0.25) is 0 Å². The van der Waals surface area contributed by atoms with Crippen LogP contribution in [0.25, 0.3) is 0 Å². The predicted octanol–water partition coefficient (Wildman–Crippen LogP) is 9.58. The van der Waals surface area contributed by atoms with E-state index >= 15 is 0 Å². The molecule has 2 atom stereocenters. The maximum absolute atomic E-state index is 12.5. The molecule has 0 heterocycles. The van der Waals surface area contributed by atoms with E-state index in [0.29, 0.717) is 19.3 Å². The van der Waals surface area contributed by atoms with Gasteiger partial charge in [0.15, 0.2) is 12.1 Å². The highest BCUT2D eigenvalue weighted by molar-refractivity contribution is 5.72. The third-order valence-corrected chi connectivity index (χ3v) is 8.68. The molecule has 8 nitrogen and oxygen atoms in total. The Kier molecular flexibility index (Phi) is 30.1. The Hall–Kier alpha value is -1.93. The minimum absolute atomic E-state index is 0.0500. The lowest BCUT2D eigenvalue weighted by molar-refractivity contribution is -0.887. The standard InChI is InChI=1S/C39H73NO7/c1-6-8-10-12-14-15-16-17-18-19-20-21-22-24-25-27-29-37(41)46-34-35(33-45-32-31-36(39(43)44)40(3,4)5)47-38(42)30-28-26-23-13-11-9-7-2/h23,26,35-36H,6-22,24-25,27-34H2,1-5H3/p+1/b26-23+. The van der Waals surface area contributed by atoms with Gasteiger partial charge in [0.25, 0.3) is 0 Å². The molecule has 0 radical (unpaired) electrons. The second kappa shape index (κ2) is 31.3. The Balaban J connectivity index is 4.29. The molecule has 0 spiro atoms. The van der Waals surface area contributed by atoms with Crippen molar-refractivity contribution < 1.29 is 38.2 Å². The third kappa shape index (κ3) is 29.9. The SMILES string of the molecule is CCCCC/C=C/CCC(=O)OC(COCCC(C(=O)O)[N+](C)(C)C)COC(=O)CCCCCCCCCCCCCCCCCC. The summed E-state index contributed by atoms with van der Waals surface area (Å²) >= 11 is 0. The number of rotatable bonds is 34. The first-order chi connectivity index (χ1) is 22.6. The number of esters is 2. The van der Waals surface area contributed by atoms with E-state index in [2.05, 4.69) is 19.9 Å². The van der Waals surface area contributed by atoms with E-state index in [0.717, 1.165) is 32.1 Å². The summed E-state index contributed by atoms with van der Waals surface area (Å²) in [4.78, 5) is 36.6. The zero-order valence-corrected chi connectivity index (χ0v) is 31.2. The monoisotopic (exact) mass is 669 g/mol. The number of unbranched alkanes of at least 4 members (excludes halogenated alkanes) is 18. The lowest BCUT2D eigenvalue weighted by Crippen LogP contribution is -2.50. The minimum atomic E-state index is -0.880. The van der Waals surface area contributed by atoms with Crippen LogP contribution in [0.2, 0.25) is 0 Å². The summed E-state index contributed by atoms with van der Waals surface area (Å²) in [5, 5.41) is 9.55. The van der Waals surface area contributed by atoms with Crippen molar-refractivity contribution >= 4 is 17.9 Å². The Labute approximate surface area is 289 Å². The summed E-state index contributed by atoms with van der Waals surface area (Å²) in [6.45, 7) is 4.63. The first kappa shape index (κ1) is 45.1. The third-order valence-electron chi connectivity index (χ3n) is 8.68. The molecular formula is C39H74NO7+. The number of aliphatic carboxylic acids is 1. The minimum Gasteiger partial charge on any atom is -0.477 e. The average molecular weight is 669 g/mol. The smallest absolute Gasteiger partial charge is 0.362 e. The van der Waals surface area contributed by atoms with Crippen LogP contribution in [-0.2, 0) is 28.6 Å². The number of hydrogen-bond acceptors (Lipinski definition) is 6. The van der Waals surface area contributed by atoms with Crippen LogP contribution in [0.5, 0.6) is 0 Å². The molecule has 0 aromatic heterocycles. The zero-order valence-electron chi connectivity index (χ0n) is 31.2. The van der Waals surface area contributed by atoms with Crippen molar-refractivity contribution in [1.29, 1.82) is 0 Å². The van der Waals surface area contributed by atoms with Crippen LogP contribution in [0.1, 0.15) is 168 Å². The van der Waals surface area contributed by atoms with Crippen LogP contribution in [0.3, 0.4) is 0 Å². The summed E-state index contributed by atoms with van der Waals surface area (Å²) in [6.07, 6.45) is 30.0. The molecule has 0 bridgehead atoms. The number of likely N-dealkylation sites (N-methyl/N-ethyl adjacent to an activating group) is 1. The highest BCUT2D eigenvalue weighted by Gasteiger charge is 2.31. The van der Waals surface area contributed by atoms with Gasteiger partial charge in [-0.2, -0.15) is 0 Å². The van der Waals surface area contributed by atoms with Gasteiger partial charge in [-0.1, -0.05) is 135 Å². The first-order valence-corrected chi connectivity index (χ1v) is 19.2. The lowest BCUT2D eigenvalue weighted by atomic mass is 10.0. The number of nitrogens with zero attached hydrogens (tertiary/aromatic N) is 1. The highest BCUT2D eigenvalue weighted by Crippen LogP contribution is 2.15.